The van der Waals surface area contributed by atoms with Crippen LogP contribution in [0.25, 0.3) is 77.5 Å². The summed E-state index contributed by atoms with van der Waals surface area (Å²) in [4.78, 5) is 2.46. The van der Waals surface area contributed by atoms with Gasteiger partial charge in [-0.2, -0.15) is 0 Å². The summed E-state index contributed by atoms with van der Waals surface area (Å²) in [6, 6.07) is 86.7. The zero-order valence-electron chi connectivity index (χ0n) is 35.0. The summed E-state index contributed by atoms with van der Waals surface area (Å²) >= 11 is 0. The summed E-state index contributed by atoms with van der Waals surface area (Å²) in [5.74, 6) is 0. The van der Waals surface area contributed by atoms with Crippen LogP contribution in [0, 0.1) is 0 Å². The molecule has 0 atom stereocenters. The van der Waals surface area contributed by atoms with Crippen LogP contribution in [-0.4, -0.2) is 0 Å². The van der Waals surface area contributed by atoms with Gasteiger partial charge in [0.15, 0.2) is 0 Å². The van der Waals surface area contributed by atoms with E-state index >= 15 is 0 Å². The van der Waals surface area contributed by atoms with Crippen LogP contribution in [0.15, 0.2) is 237 Å². The average molecular weight is 792 g/mol. The molecule has 62 heavy (non-hydrogen) atoms. The van der Waals surface area contributed by atoms with Crippen LogP contribution in [0.1, 0.15) is 25.0 Å². The minimum atomic E-state index is -0.0645. The molecule has 0 heterocycles. The SMILES string of the molecule is CC1(C)c2ccccc2-c2c(-c3ccc(N(c4cccc(-c5ccc6ccccc6c5)c4)c4cccc(-c5ccccc5)c4-c4ccccc4-c4ccccc4)cc3)cccc21. The van der Waals surface area contributed by atoms with Crippen LogP contribution >= 0.6 is 0 Å². The number of nitrogens with zero attached hydrogens (tertiary/aromatic N) is 1. The maximum absolute atomic E-state index is 2.46. The van der Waals surface area contributed by atoms with Gasteiger partial charge in [0.2, 0.25) is 0 Å². The monoisotopic (exact) mass is 791 g/mol. The van der Waals surface area contributed by atoms with Crippen molar-refractivity contribution in [1.82, 2.24) is 0 Å². The fourth-order valence-corrected chi connectivity index (χ4v) is 9.84. The van der Waals surface area contributed by atoms with E-state index in [0.29, 0.717) is 0 Å². The van der Waals surface area contributed by atoms with Gasteiger partial charge in [0, 0.05) is 22.4 Å². The highest BCUT2D eigenvalue weighted by atomic mass is 15.1. The molecular weight excluding hydrogens is 747 g/mol. The minimum Gasteiger partial charge on any atom is -0.310 e. The molecule has 11 rings (SSSR count). The van der Waals surface area contributed by atoms with Gasteiger partial charge in [-0.3, -0.25) is 0 Å². The lowest BCUT2D eigenvalue weighted by Crippen LogP contribution is -2.14. The second-order valence-corrected chi connectivity index (χ2v) is 16.9. The number of anilines is 3. The molecule has 294 valence electrons. The number of fused-ring (bicyclic) bond motifs is 4. The largest absolute Gasteiger partial charge is 0.310 e. The molecule has 0 aromatic heterocycles. The highest BCUT2D eigenvalue weighted by Gasteiger charge is 2.36. The van der Waals surface area contributed by atoms with Gasteiger partial charge in [-0.1, -0.05) is 214 Å². The Bertz CT molecular complexity index is 3250. The first-order valence-electron chi connectivity index (χ1n) is 21.6. The Labute approximate surface area is 364 Å². The van der Waals surface area contributed by atoms with Crippen LogP contribution in [0.4, 0.5) is 17.1 Å². The maximum Gasteiger partial charge on any atom is 0.0546 e. The van der Waals surface area contributed by atoms with Crippen molar-refractivity contribution in [2.75, 3.05) is 4.90 Å². The molecule has 0 saturated heterocycles. The van der Waals surface area contributed by atoms with Crippen molar-refractivity contribution in [3.05, 3.63) is 248 Å². The first-order chi connectivity index (χ1) is 30.5. The number of benzene rings is 10. The molecular formula is C61H45N. The molecule has 1 aliphatic carbocycles. The molecule has 10 aromatic carbocycles. The summed E-state index contributed by atoms with van der Waals surface area (Å²) in [7, 11) is 0. The number of rotatable bonds is 8. The van der Waals surface area contributed by atoms with Crippen molar-refractivity contribution in [1.29, 1.82) is 0 Å². The highest BCUT2D eigenvalue weighted by Crippen LogP contribution is 2.53. The van der Waals surface area contributed by atoms with E-state index in [0.717, 1.165) is 17.1 Å². The fraction of sp³-hybridized carbons (Fsp3) is 0.0492. The minimum absolute atomic E-state index is 0.0645. The average Bonchev–Trinajstić information content (AvgIpc) is 3.58. The van der Waals surface area contributed by atoms with Crippen molar-refractivity contribution >= 4 is 27.8 Å². The molecule has 0 saturated carbocycles. The Hall–Kier alpha value is -7.74. The van der Waals surface area contributed by atoms with Crippen LogP contribution in [-0.2, 0) is 5.41 Å². The Balaban J connectivity index is 1.14. The lowest BCUT2D eigenvalue weighted by Gasteiger charge is -2.30. The molecule has 10 aromatic rings. The Morgan fingerprint density at radius 1 is 0.290 bits per heavy atom. The Kier molecular flexibility index (Phi) is 9.24. The van der Waals surface area contributed by atoms with Crippen molar-refractivity contribution in [3.8, 4) is 66.8 Å². The molecule has 0 spiro atoms. The summed E-state index contributed by atoms with van der Waals surface area (Å²) in [5, 5.41) is 2.47. The lowest BCUT2D eigenvalue weighted by atomic mass is 9.82. The van der Waals surface area contributed by atoms with Gasteiger partial charge in [-0.15, -0.1) is 0 Å². The van der Waals surface area contributed by atoms with E-state index < -0.39 is 0 Å². The number of hydrogen-bond donors (Lipinski definition) is 0. The quantitative estimate of drug-likeness (QED) is 0.148. The predicted octanol–water partition coefficient (Wildman–Crippen LogP) is 17.0. The molecule has 0 N–H and O–H groups in total. The second-order valence-electron chi connectivity index (χ2n) is 16.9. The van der Waals surface area contributed by atoms with Gasteiger partial charge < -0.3 is 4.90 Å². The van der Waals surface area contributed by atoms with E-state index in [1.807, 2.05) is 0 Å². The Morgan fingerprint density at radius 3 is 1.55 bits per heavy atom. The van der Waals surface area contributed by atoms with E-state index in [9.17, 15) is 0 Å². The predicted molar refractivity (Wildman–Crippen MR) is 263 cm³/mol. The van der Waals surface area contributed by atoms with Gasteiger partial charge in [0.25, 0.3) is 0 Å². The third-order valence-corrected chi connectivity index (χ3v) is 12.9. The third kappa shape index (κ3) is 6.42. The number of hydrogen-bond acceptors (Lipinski definition) is 1. The zero-order chi connectivity index (χ0) is 41.6. The molecule has 1 aliphatic rings. The van der Waals surface area contributed by atoms with Crippen molar-refractivity contribution in [3.63, 3.8) is 0 Å². The zero-order valence-corrected chi connectivity index (χ0v) is 35.0. The molecule has 0 aliphatic heterocycles. The van der Waals surface area contributed by atoms with Crippen molar-refractivity contribution < 1.29 is 0 Å². The van der Waals surface area contributed by atoms with E-state index in [4.69, 9.17) is 0 Å². The third-order valence-electron chi connectivity index (χ3n) is 12.9. The van der Waals surface area contributed by atoms with Crippen LogP contribution in [0.2, 0.25) is 0 Å². The standard InChI is InChI=1S/C61H45N/c1-61(2)56-31-14-13-28-55(56)59-52(29-16-32-57(59)61)45-36-38-49(39-37-45)62(50-25-15-24-47(41-50)48-35-34-42-18-9-10-23-46(42)40-48)58-33-17-30-53(44-21-7-4-8-22-44)60(58)54-27-12-11-26-51(54)43-19-5-3-6-20-43/h3-41H,1-2H3. The van der Waals surface area contributed by atoms with E-state index in [-0.39, 0.29) is 5.41 Å². The molecule has 0 amide bonds. The molecule has 0 bridgehead atoms. The molecule has 0 fully saturated rings. The van der Waals surface area contributed by atoms with E-state index in [1.54, 1.807) is 0 Å². The summed E-state index contributed by atoms with van der Waals surface area (Å²) in [6.45, 7) is 4.71. The van der Waals surface area contributed by atoms with Crippen LogP contribution in [0.3, 0.4) is 0 Å². The van der Waals surface area contributed by atoms with Gasteiger partial charge in [-0.25, -0.2) is 0 Å². The summed E-state index contributed by atoms with van der Waals surface area (Å²) in [6.07, 6.45) is 0. The lowest BCUT2D eigenvalue weighted by molar-refractivity contribution is 0.660. The van der Waals surface area contributed by atoms with E-state index in [1.165, 1.54) is 88.7 Å². The van der Waals surface area contributed by atoms with Gasteiger partial charge in [0.05, 0.1) is 5.69 Å². The Morgan fingerprint density at radius 2 is 0.790 bits per heavy atom. The topological polar surface area (TPSA) is 3.24 Å². The first-order valence-corrected chi connectivity index (χ1v) is 21.6. The van der Waals surface area contributed by atoms with Crippen LogP contribution < -0.4 is 4.90 Å². The van der Waals surface area contributed by atoms with Crippen LogP contribution in [0.5, 0.6) is 0 Å². The maximum atomic E-state index is 2.46. The molecule has 0 radical (unpaired) electrons. The van der Waals surface area contributed by atoms with Gasteiger partial charge in [0.1, 0.15) is 0 Å². The summed E-state index contributed by atoms with van der Waals surface area (Å²) < 4.78 is 0. The summed E-state index contributed by atoms with van der Waals surface area (Å²) in [5.41, 5.74) is 20.6. The highest BCUT2D eigenvalue weighted by molar-refractivity contribution is 6.02. The molecule has 1 heteroatoms. The molecule has 0 unspecified atom stereocenters. The normalized spacial score (nSPS) is 12.5. The van der Waals surface area contributed by atoms with Gasteiger partial charge in [-0.05, 0) is 119 Å². The van der Waals surface area contributed by atoms with Gasteiger partial charge >= 0.3 is 0 Å². The van der Waals surface area contributed by atoms with Crippen molar-refractivity contribution in [2.45, 2.75) is 19.3 Å². The second kappa shape index (κ2) is 15.4. The van der Waals surface area contributed by atoms with E-state index in [2.05, 4.69) is 255 Å². The smallest absolute Gasteiger partial charge is 0.0546 e. The molecule has 1 nitrogen and oxygen atoms in total. The fourth-order valence-electron chi connectivity index (χ4n) is 9.84. The first kappa shape index (κ1) is 37.3. The van der Waals surface area contributed by atoms with Crippen molar-refractivity contribution in [2.24, 2.45) is 0 Å².